The summed E-state index contributed by atoms with van der Waals surface area (Å²) in [4.78, 5) is 24.2. The second-order valence-corrected chi connectivity index (χ2v) is 5.86. The van der Waals surface area contributed by atoms with Crippen LogP contribution in [-0.4, -0.2) is 15.6 Å². The first kappa shape index (κ1) is 14.5. The van der Waals surface area contributed by atoms with Crippen molar-refractivity contribution in [3.63, 3.8) is 0 Å². The van der Waals surface area contributed by atoms with E-state index in [0.717, 1.165) is 10.0 Å². The first-order valence-electron chi connectivity index (χ1n) is 6.63. The number of pyridine rings is 1. The van der Waals surface area contributed by atoms with Gasteiger partial charge < -0.3 is 5.11 Å². The predicted molar refractivity (Wildman–Crippen MR) is 88.9 cm³/mol. The van der Waals surface area contributed by atoms with E-state index in [2.05, 4.69) is 15.9 Å². The van der Waals surface area contributed by atoms with E-state index in [1.165, 1.54) is 10.8 Å². The summed E-state index contributed by atoms with van der Waals surface area (Å²) in [5, 5.41) is 10.3. The van der Waals surface area contributed by atoms with Crippen LogP contribution in [0.2, 0.25) is 0 Å². The van der Waals surface area contributed by atoms with Gasteiger partial charge in [-0.2, -0.15) is 0 Å². The standard InChI is InChI=1S/C17H12BrNO3/c1-10-8-11(6-7-15(10)18)19-9-14(17(21)22)12-4-2-3-5-13(12)16(19)20/h2-9H,1H3,(H,21,22). The Bertz CT molecular complexity index is 960. The summed E-state index contributed by atoms with van der Waals surface area (Å²) in [5.74, 6) is -1.06. The van der Waals surface area contributed by atoms with Gasteiger partial charge in [0.25, 0.3) is 5.56 Å². The van der Waals surface area contributed by atoms with Crippen LogP contribution in [0.3, 0.4) is 0 Å². The third kappa shape index (κ3) is 2.33. The van der Waals surface area contributed by atoms with E-state index >= 15 is 0 Å². The Morgan fingerprint density at radius 1 is 1.14 bits per heavy atom. The number of halogens is 1. The molecule has 1 heterocycles. The van der Waals surface area contributed by atoms with Gasteiger partial charge in [0, 0.05) is 27.1 Å². The Hall–Kier alpha value is -2.40. The highest BCUT2D eigenvalue weighted by molar-refractivity contribution is 9.10. The summed E-state index contributed by atoms with van der Waals surface area (Å²) in [5.41, 5.74) is 1.48. The molecule has 0 unspecified atom stereocenters. The second kappa shape index (κ2) is 5.42. The molecular weight excluding hydrogens is 346 g/mol. The largest absolute Gasteiger partial charge is 0.478 e. The number of aryl methyl sites for hydroxylation is 1. The van der Waals surface area contributed by atoms with Crippen LogP contribution in [0.5, 0.6) is 0 Å². The molecule has 0 saturated heterocycles. The molecule has 0 saturated carbocycles. The summed E-state index contributed by atoms with van der Waals surface area (Å²) >= 11 is 3.42. The number of hydrogen-bond donors (Lipinski definition) is 1. The van der Waals surface area contributed by atoms with Crippen molar-refractivity contribution in [2.75, 3.05) is 0 Å². The molecule has 0 aliphatic rings. The number of carboxylic acids is 1. The number of carboxylic acid groups (broad SMARTS) is 1. The minimum absolute atomic E-state index is 0.107. The summed E-state index contributed by atoms with van der Waals surface area (Å²) < 4.78 is 2.31. The van der Waals surface area contributed by atoms with Crippen LogP contribution in [0.4, 0.5) is 0 Å². The zero-order chi connectivity index (χ0) is 15.9. The maximum atomic E-state index is 12.7. The Labute approximate surface area is 134 Å². The molecule has 0 atom stereocenters. The zero-order valence-electron chi connectivity index (χ0n) is 11.7. The molecular formula is C17H12BrNO3. The lowest BCUT2D eigenvalue weighted by molar-refractivity contribution is 0.0698. The fourth-order valence-corrected chi connectivity index (χ4v) is 2.68. The number of aromatic carboxylic acids is 1. The molecule has 0 fully saturated rings. The molecule has 110 valence electrons. The fraction of sp³-hybridized carbons (Fsp3) is 0.0588. The third-order valence-electron chi connectivity index (χ3n) is 3.57. The van der Waals surface area contributed by atoms with Crippen LogP contribution < -0.4 is 5.56 Å². The SMILES string of the molecule is Cc1cc(-n2cc(C(=O)O)c3ccccc3c2=O)ccc1Br. The molecule has 2 aromatic carbocycles. The van der Waals surface area contributed by atoms with Gasteiger partial charge in [0.15, 0.2) is 0 Å². The van der Waals surface area contributed by atoms with Crippen molar-refractivity contribution in [3.05, 3.63) is 74.6 Å². The van der Waals surface area contributed by atoms with Gasteiger partial charge in [0.1, 0.15) is 0 Å². The van der Waals surface area contributed by atoms with E-state index < -0.39 is 5.97 Å². The lowest BCUT2D eigenvalue weighted by atomic mass is 10.1. The van der Waals surface area contributed by atoms with Crippen LogP contribution in [-0.2, 0) is 0 Å². The van der Waals surface area contributed by atoms with E-state index in [1.807, 2.05) is 19.1 Å². The van der Waals surface area contributed by atoms with Crippen molar-refractivity contribution in [1.29, 1.82) is 0 Å². The highest BCUT2D eigenvalue weighted by Gasteiger charge is 2.14. The first-order valence-corrected chi connectivity index (χ1v) is 7.42. The number of hydrogen-bond acceptors (Lipinski definition) is 2. The van der Waals surface area contributed by atoms with Crippen molar-refractivity contribution in [2.24, 2.45) is 0 Å². The molecule has 0 bridgehead atoms. The molecule has 0 spiro atoms. The summed E-state index contributed by atoms with van der Waals surface area (Å²) in [6.45, 7) is 1.91. The Morgan fingerprint density at radius 2 is 1.82 bits per heavy atom. The molecule has 0 amide bonds. The highest BCUT2D eigenvalue weighted by atomic mass is 79.9. The molecule has 0 radical (unpaired) electrons. The van der Waals surface area contributed by atoms with Crippen molar-refractivity contribution in [2.45, 2.75) is 6.92 Å². The number of aromatic nitrogens is 1. The van der Waals surface area contributed by atoms with Crippen LogP contribution >= 0.6 is 15.9 Å². The molecule has 3 rings (SSSR count). The van der Waals surface area contributed by atoms with Crippen molar-refractivity contribution in [3.8, 4) is 5.69 Å². The maximum absolute atomic E-state index is 12.7. The van der Waals surface area contributed by atoms with Gasteiger partial charge in [-0.25, -0.2) is 4.79 Å². The van der Waals surface area contributed by atoms with Gasteiger partial charge in [-0.1, -0.05) is 34.1 Å². The van der Waals surface area contributed by atoms with Gasteiger partial charge in [-0.3, -0.25) is 9.36 Å². The maximum Gasteiger partial charge on any atom is 0.337 e. The fourth-order valence-electron chi connectivity index (χ4n) is 2.43. The number of fused-ring (bicyclic) bond motifs is 1. The number of nitrogens with zero attached hydrogens (tertiary/aromatic N) is 1. The third-order valence-corrected chi connectivity index (χ3v) is 4.46. The van der Waals surface area contributed by atoms with Crippen molar-refractivity contribution in [1.82, 2.24) is 4.57 Å². The summed E-state index contributed by atoms with van der Waals surface area (Å²) in [6, 6.07) is 12.2. The lowest BCUT2D eigenvalue weighted by Crippen LogP contribution is -2.20. The van der Waals surface area contributed by atoms with Crippen LogP contribution in [0, 0.1) is 6.92 Å². The lowest BCUT2D eigenvalue weighted by Gasteiger charge is -2.11. The van der Waals surface area contributed by atoms with Crippen LogP contribution in [0.1, 0.15) is 15.9 Å². The molecule has 3 aromatic rings. The quantitative estimate of drug-likeness (QED) is 0.759. The summed E-state index contributed by atoms with van der Waals surface area (Å²) in [7, 11) is 0. The van der Waals surface area contributed by atoms with Crippen LogP contribution in [0.25, 0.3) is 16.5 Å². The van der Waals surface area contributed by atoms with E-state index in [-0.39, 0.29) is 11.1 Å². The molecule has 0 aliphatic heterocycles. The molecule has 5 heteroatoms. The second-order valence-electron chi connectivity index (χ2n) is 5.00. The Kier molecular flexibility index (Phi) is 3.58. The van der Waals surface area contributed by atoms with Gasteiger partial charge in [-0.15, -0.1) is 0 Å². The van der Waals surface area contributed by atoms with Gasteiger partial charge in [-0.05, 0) is 36.8 Å². The molecule has 0 aliphatic carbocycles. The smallest absolute Gasteiger partial charge is 0.337 e. The Balaban J connectivity index is 2.39. The van der Waals surface area contributed by atoms with E-state index in [9.17, 15) is 14.7 Å². The molecule has 1 aromatic heterocycles. The van der Waals surface area contributed by atoms with Crippen LogP contribution in [0.15, 0.2) is 57.9 Å². The zero-order valence-corrected chi connectivity index (χ0v) is 13.3. The normalized spacial score (nSPS) is 10.8. The topological polar surface area (TPSA) is 59.3 Å². The minimum Gasteiger partial charge on any atom is -0.478 e. The molecule has 1 N–H and O–H groups in total. The molecule has 4 nitrogen and oxygen atoms in total. The monoisotopic (exact) mass is 357 g/mol. The van der Waals surface area contributed by atoms with E-state index in [4.69, 9.17) is 0 Å². The predicted octanol–water partition coefficient (Wildman–Crippen LogP) is 3.76. The van der Waals surface area contributed by atoms with Gasteiger partial charge in [0.05, 0.1) is 5.56 Å². The Morgan fingerprint density at radius 3 is 2.45 bits per heavy atom. The van der Waals surface area contributed by atoms with E-state index in [1.54, 1.807) is 30.3 Å². The molecule has 22 heavy (non-hydrogen) atoms. The van der Waals surface area contributed by atoms with Gasteiger partial charge >= 0.3 is 5.97 Å². The number of rotatable bonds is 2. The average molecular weight is 358 g/mol. The summed E-state index contributed by atoms with van der Waals surface area (Å²) in [6.07, 6.45) is 1.38. The number of carbonyl (C=O) groups is 1. The average Bonchev–Trinajstić information content (AvgIpc) is 2.50. The minimum atomic E-state index is -1.06. The van der Waals surface area contributed by atoms with E-state index in [0.29, 0.717) is 16.5 Å². The number of benzene rings is 2. The van der Waals surface area contributed by atoms with Crippen molar-refractivity contribution < 1.29 is 9.90 Å². The first-order chi connectivity index (χ1) is 10.5. The highest BCUT2D eigenvalue weighted by Crippen LogP contribution is 2.21. The van der Waals surface area contributed by atoms with Crippen molar-refractivity contribution >= 4 is 32.7 Å². The van der Waals surface area contributed by atoms with Gasteiger partial charge in [0.2, 0.25) is 0 Å².